The molecule has 3 heteroatoms. The number of rotatable bonds is 4. The molecule has 1 aliphatic heterocycles. The number of piperazine rings is 1. The Hall–Kier alpha value is -0.930. The standard InChI is InChI=1S/C17H25N3/c1-12-3-2-8-18-15(12)10-20-11-16(13-4-5-13)19-9-17(20)14-6-7-14/h2-3,8,13-14,16-17,19H,4-7,9-11H2,1H3. The lowest BCUT2D eigenvalue weighted by Gasteiger charge is -2.41. The molecule has 2 saturated carbocycles. The zero-order valence-electron chi connectivity index (χ0n) is 12.4. The van der Waals surface area contributed by atoms with E-state index < -0.39 is 0 Å². The quantitative estimate of drug-likeness (QED) is 0.911. The van der Waals surface area contributed by atoms with E-state index in [1.165, 1.54) is 50.0 Å². The van der Waals surface area contributed by atoms with E-state index >= 15 is 0 Å². The fourth-order valence-corrected chi connectivity index (χ4v) is 3.67. The minimum atomic E-state index is 0.731. The Balaban J connectivity index is 1.50. The Kier molecular flexibility index (Phi) is 3.27. The second-order valence-corrected chi connectivity index (χ2v) is 6.95. The number of hydrogen-bond donors (Lipinski definition) is 1. The van der Waals surface area contributed by atoms with Crippen molar-refractivity contribution in [3.05, 3.63) is 29.6 Å². The highest BCUT2D eigenvalue weighted by molar-refractivity contribution is 5.18. The monoisotopic (exact) mass is 271 g/mol. The number of pyridine rings is 1. The van der Waals surface area contributed by atoms with E-state index in [4.69, 9.17) is 0 Å². The molecule has 0 aromatic carbocycles. The molecule has 0 radical (unpaired) electrons. The van der Waals surface area contributed by atoms with Crippen LogP contribution in [0, 0.1) is 18.8 Å². The first kappa shape index (κ1) is 12.8. The average Bonchev–Trinajstić information content (AvgIpc) is 3.34. The molecule has 2 aliphatic carbocycles. The first-order valence-corrected chi connectivity index (χ1v) is 8.19. The SMILES string of the molecule is Cc1cccnc1CN1CC(C2CC2)NCC1C1CC1. The molecule has 4 rings (SSSR count). The molecule has 108 valence electrons. The normalized spacial score (nSPS) is 31.4. The number of nitrogens with one attached hydrogen (secondary N) is 1. The van der Waals surface area contributed by atoms with Gasteiger partial charge in [0.05, 0.1) is 5.69 Å². The van der Waals surface area contributed by atoms with E-state index in [1.54, 1.807) is 0 Å². The highest BCUT2D eigenvalue weighted by atomic mass is 15.2. The lowest BCUT2D eigenvalue weighted by atomic mass is 10.0. The van der Waals surface area contributed by atoms with Gasteiger partial charge in [0.2, 0.25) is 0 Å². The van der Waals surface area contributed by atoms with Gasteiger partial charge in [0.25, 0.3) is 0 Å². The maximum Gasteiger partial charge on any atom is 0.0573 e. The van der Waals surface area contributed by atoms with Gasteiger partial charge in [0.15, 0.2) is 0 Å². The van der Waals surface area contributed by atoms with Crippen LogP contribution in [-0.4, -0.2) is 35.1 Å². The Labute approximate surface area is 121 Å². The third-order valence-electron chi connectivity index (χ3n) is 5.32. The highest BCUT2D eigenvalue weighted by Crippen LogP contribution is 2.40. The molecule has 0 spiro atoms. The van der Waals surface area contributed by atoms with Gasteiger partial charge in [-0.25, -0.2) is 0 Å². The first-order valence-electron chi connectivity index (χ1n) is 8.19. The van der Waals surface area contributed by atoms with E-state index in [0.29, 0.717) is 0 Å². The predicted molar refractivity (Wildman–Crippen MR) is 80.4 cm³/mol. The highest BCUT2D eigenvalue weighted by Gasteiger charge is 2.42. The van der Waals surface area contributed by atoms with Crippen molar-refractivity contribution < 1.29 is 0 Å². The van der Waals surface area contributed by atoms with Crippen molar-refractivity contribution in [2.45, 2.75) is 51.2 Å². The average molecular weight is 271 g/mol. The second-order valence-electron chi connectivity index (χ2n) is 6.95. The third-order valence-corrected chi connectivity index (χ3v) is 5.32. The van der Waals surface area contributed by atoms with Crippen molar-refractivity contribution in [1.29, 1.82) is 0 Å². The van der Waals surface area contributed by atoms with Gasteiger partial charge in [-0.05, 0) is 56.1 Å². The van der Waals surface area contributed by atoms with Crippen LogP contribution in [0.2, 0.25) is 0 Å². The van der Waals surface area contributed by atoms with E-state index in [1.807, 2.05) is 12.3 Å². The van der Waals surface area contributed by atoms with Gasteiger partial charge >= 0.3 is 0 Å². The lowest BCUT2D eigenvalue weighted by Crippen LogP contribution is -2.57. The van der Waals surface area contributed by atoms with Crippen LogP contribution in [0.1, 0.15) is 36.9 Å². The van der Waals surface area contributed by atoms with Crippen LogP contribution in [0.4, 0.5) is 0 Å². The summed E-state index contributed by atoms with van der Waals surface area (Å²) in [4.78, 5) is 7.34. The fourth-order valence-electron chi connectivity index (χ4n) is 3.67. The Morgan fingerprint density at radius 1 is 1.25 bits per heavy atom. The minimum absolute atomic E-state index is 0.731. The van der Waals surface area contributed by atoms with Crippen molar-refractivity contribution in [2.24, 2.45) is 11.8 Å². The van der Waals surface area contributed by atoms with Crippen molar-refractivity contribution in [3.8, 4) is 0 Å². The van der Waals surface area contributed by atoms with Crippen molar-refractivity contribution in [1.82, 2.24) is 15.2 Å². The summed E-state index contributed by atoms with van der Waals surface area (Å²) < 4.78 is 0. The molecule has 1 aromatic heterocycles. The topological polar surface area (TPSA) is 28.2 Å². The lowest BCUT2D eigenvalue weighted by molar-refractivity contribution is 0.0988. The van der Waals surface area contributed by atoms with Crippen LogP contribution in [0.25, 0.3) is 0 Å². The summed E-state index contributed by atoms with van der Waals surface area (Å²) in [7, 11) is 0. The van der Waals surface area contributed by atoms with Crippen LogP contribution in [0.5, 0.6) is 0 Å². The maximum atomic E-state index is 4.61. The molecule has 20 heavy (non-hydrogen) atoms. The molecule has 2 atom stereocenters. The zero-order valence-corrected chi connectivity index (χ0v) is 12.4. The summed E-state index contributed by atoms with van der Waals surface area (Å²) in [6, 6.07) is 5.71. The molecule has 1 N–H and O–H groups in total. The van der Waals surface area contributed by atoms with Crippen molar-refractivity contribution >= 4 is 0 Å². The smallest absolute Gasteiger partial charge is 0.0573 e. The zero-order chi connectivity index (χ0) is 13.5. The number of aromatic nitrogens is 1. The Bertz CT molecular complexity index is 479. The molecule has 0 bridgehead atoms. The summed E-state index contributed by atoms with van der Waals surface area (Å²) in [5.74, 6) is 1.88. The summed E-state index contributed by atoms with van der Waals surface area (Å²) >= 11 is 0. The second kappa shape index (κ2) is 5.12. The molecule has 3 fully saturated rings. The van der Waals surface area contributed by atoms with E-state index in [0.717, 1.165) is 30.5 Å². The first-order chi connectivity index (χ1) is 9.81. The molecular formula is C17H25N3. The van der Waals surface area contributed by atoms with Gasteiger partial charge in [-0.3, -0.25) is 9.88 Å². The summed E-state index contributed by atoms with van der Waals surface area (Å²) in [6.45, 7) is 5.65. The Morgan fingerprint density at radius 3 is 2.75 bits per heavy atom. The molecule has 2 unspecified atom stereocenters. The van der Waals surface area contributed by atoms with Gasteiger partial charge < -0.3 is 5.32 Å². The van der Waals surface area contributed by atoms with Gasteiger partial charge in [0, 0.05) is 37.9 Å². The van der Waals surface area contributed by atoms with Crippen molar-refractivity contribution in [2.75, 3.05) is 13.1 Å². The third kappa shape index (κ3) is 2.61. The summed E-state index contributed by atoms with van der Waals surface area (Å²) in [5, 5.41) is 3.82. The summed E-state index contributed by atoms with van der Waals surface area (Å²) in [5.41, 5.74) is 2.61. The minimum Gasteiger partial charge on any atom is -0.311 e. The van der Waals surface area contributed by atoms with Crippen LogP contribution in [-0.2, 0) is 6.54 Å². The van der Waals surface area contributed by atoms with E-state index in [9.17, 15) is 0 Å². The van der Waals surface area contributed by atoms with Gasteiger partial charge in [-0.2, -0.15) is 0 Å². The maximum absolute atomic E-state index is 4.61. The van der Waals surface area contributed by atoms with Crippen LogP contribution in [0.3, 0.4) is 0 Å². The van der Waals surface area contributed by atoms with Gasteiger partial charge in [-0.1, -0.05) is 6.07 Å². The molecule has 3 nitrogen and oxygen atoms in total. The molecular weight excluding hydrogens is 246 g/mol. The number of aryl methyl sites for hydroxylation is 1. The van der Waals surface area contributed by atoms with E-state index in [-0.39, 0.29) is 0 Å². The van der Waals surface area contributed by atoms with Gasteiger partial charge in [-0.15, -0.1) is 0 Å². The number of hydrogen-bond acceptors (Lipinski definition) is 3. The van der Waals surface area contributed by atoms with Crippen LogP contribution >= 0.6 is 0 Å². The van der Waals surface area contributed by atoms with Crippen LogP contribution in [0.15, 0.2) is 18.3 Å². The van der Waals surface area contributed by atoms with Crippen molar-refractivity contribution in [3.63, 3.8) is 0 Å². The largest absolute Gasteiger partial charge is 0.311 e. The predicted octanol–water partition coefficient (Wildman–Crippen LogP) is 2.35. The van der Waals surface area contributed by atoms with Gasteiger partial charge in [0.1, 0.15) is 0 Å². The fraction of sp³-hybridized carbons (Fsp3) is 0.706. The molecule has 2 heterocycles. The molecule has 0 amide bonds. The molecule has 3 aliphatic rings. The Morgan fingerprint density at radius 2 is 2.05 bits per heavy atom. The summed E-state index contributed by atoms with van der Waals surface area (Å²) in [6.07, 6.45) is 7.66. The molecule has 1 aromatic rings. The molecule has 1 saturated heterocycles. The van der Waals surface area contributed by atoms with E-state index in [2.05, 4.69) is 28.2 Å². The van der Waals surface area contributed by atoms with Crippen LogP contribution < -0.4 is 5.32 Å². The number of nitrogens with zero attached hydrogens (tertiary/aromatic N) is 2.